The average molecular weight is 358 g/mol. The van der Waals surface area contributed by atoms with E-state index < -0.39 is 4.92 Å². The van der Waals surface area contributed by atoms with Gasteiger partial charge in [-0.25, -0.2) is 0 Å². The first-order chi connectivity index (χ1) is 12.4. The Morgan fingerprint density at radius 3 is 2.65 bits per heavy atom. The minimum Gasteiger partial charge on any atom is -0.494 e. The van der Waals surface area contributed by atoms with Crippen LogP contribution in [0.3, 0.4) is 0 Å². The predicted molar refractivity (Wildman–Crippen MR) is 98.6 cm³/mol. The average Bonchev–Trinajstić information content (AvgIpc) is 2.61. The molecule has 0 spiro atoms. The number of rotatable bonds is 8. The van der Waals surface area contributed by atoms with Crippen molar-refractivity contribution < 1.29 is 19.2 Å². The highest BCUT2D eigenvalue weighted by atomic mass is 16.6. The zero-order valence-corrected chi connectivity index (χ0v) is 15.0. The Hall–Kier alpha value is -2.93. The molecular formula is C19H22N2O5. The molecular weight excluding hydrogens is 336 g/mol. The molecule has 138 valence electrons. The highest BCUT2D eigenvalue weighted by Crippen LogP contribution is 2.23. The third-order valence-corrected chi connectivity index (χ3v) is 3.51. The molecule has 0 radical (unpaired) electrons. The molecule has 0 saturated heterocycles. The minimum atomic E-state index is -0.506. The number of carbonyl (C=O) groups is 1. The molecule has 0 aliphatic carbocycles. The molecule has 0 aliphatic rings. The molecule has 1 amide bonds. The molecule has 0 bridgehead atoms. The number of ether oxygens (including phenoxy) is 2. The van der Waals surface area contributed by atoms with Gasteiger partial charge in [-0.2, -0.15) is 0 Å². The lowest BCUT2D eigenvalue weighted by atomic mass is 10.1. The summed E-state index contributed by atoms with van der Waals surface area (Å²) in [5, 5.41) is 13.5. The van der Waals surface area contributed by atoms with Gasteiger partial charge >= 0.3 is 0 Å². The maximum Gasteiger partial charge on any atom is 0.271 e. The van der Waals surface area contributed by atoms with Crippen LogP contribution >= 0.6 is 0 Å². The topological polar surface area (TPSA) is 90.7 Å². The molecule has 7 nitrogen and oxygen atoms in total. The van der Waals surface area contributed by atoms with Crippen molar-refractivity contribution in [3.8, 4) is 5.75 Å². The molecule has 0 atom stereocenters. The van der Waals surface area contributed by atoms with Crippen LogP contribution < -0.4 is 10.1 Å². The van der Waals surface area contributed by atoms with Crippen LogP contribution in [0.5, 0.6) is 5.75 Å². The Bertz CT molecular complexity index is 789. The zero-order chi connectivity index (χ0) is 19.1. The lowest BCUT2D eigenvalue weighted by Crippen LogP contribution is -2.13. The van der Waals surface area contributed by atoms with Crippen molar-refractivity contribution in [2.24, 2.45) is 0 Å². The maximum absolute atomic E-state index is 12.5. The van der Waals surface area contributed by atoms with Crippen molar-refractivity contribution >= 4 is 17.3 Å². The number of nitro groups is 1. The molecule has 0 aromatic heterocycles. The number of anilines is 1. The molecule has 0 fully saturated rings. The minimum absolute atomic E-state index is 0.0480. The van der Waals surface area contributed by atoms with E-state index >= 15 is 0 Å². The van der Waals surface area contributed by atoms with Crippen LogP contribution in [0, 0.1) is 10.1 Å². The van der Waals surface area contributed by atoms with E-state index in [9.17, 15) is 14.9 Å². The summed E-state index contributed by atoms with van der Waals surface area (Å²) in [6, 6.07) is 10.9. The Labute approximate surface area is 152 Å². The normalized spacial score (nSPS) is 10.6. The van der Waals surface area contributed by atoms with Crippen LogP contribution in [0.25, 0.3) is 0 Å². The molecule has 7 heteroatoms. The van der Waals surface area contributed by atoms with E-state index in [1.54, 1.807) is 24.3 Å². The number of nitro benzene ring substituents is 1. The van der Waals surface area contributed by atoms with Gasteiger partial charge in [0.2, 0.25) is 0 Å². The second-order valence-electron chi connectivity index (χ2n) is 5.88. The van der Waals surface area contributed by atoms with Crippen molar-refractivity contribution in [1.29, 1.82) is 0 Å². The first-order valence-electron chi connectivity index (χ1n) is 8.33. The van der Waals surface area contributed by atoms with Crippen LogP contribution in [0.2, 0.25) is 0 Å². The lowest BCUT2D eigenvalue weighted by molar-refractivity contribution is -0.384. The van der Waals surface area contributed by atoms with E-state index in [2.05, 4.69) is 5.32 Å². The summed E-state index contributed by atoms with van der Waals surface area (Å²) in [5.41, 5.74) is 1.47. The third kappa shape index (κ3) is 5.29. The van der Waals surface area contributed by atoms with Crippen LogP contribution in [-0.4, -0.2) is 23.5 Å². The van der Waals surface area contributed by atoms with E-state index in [4.69, 9.17) is 9.47 Å². The van der Waals surface area contributed by atoms with Gasteiger partial charge in [-0.3, -0.25) is 14.9 Å². The van der Waals surface area contributed by atoms with Gasteiger partial charge in [-0.1, -0.05) is 6.07 Å². The maximum atomic E-state index is 12.5. The van der Waals surface area contributed by atoms with Gasteiger partial charge in [0.1, 0.15) is 5.75 Å². The van der Waals surface area contributed by atoms with Crippen molar-refractivity contribution in [2.45, 2.75) is 33.5 Å². The molecule has 2 rings (SSSR count). The first kappa shape index (κ1) is 19.4. The van der Waals surface area contributed by atoms with Gasteiger partial charge in [0.25, 0.3) is 11.6 Å². The summed E-state index contributed by atoms with van der Waals surface area (Å²) in [5.74, 6) is 0.305. The summed E-state index contributed by atoms with van der Waals surface area (Å²) in [6.07, 6.45) is 0.0480. The number of nitrogens with one attached hydrogen (secondary N) is 1. The zero-order valence-electron chi connectivity index (χ0n) is 15.0. The van der Waals surface area contributed by atoms with Gasteiger partial charge in [0.05, 0.1) is 24.2 Å². The number of nitrogens with zero attached hydrogens (tertiary/aromatic N) is 1. The summed E-state index contributed by atoms with van der Waals surface area (Å²) in [7, 11) is 0. The molecule has 0 aliphatic heterocycles. The third-order valence-electron chi connectivity index (χ3n) is 3.51. The lowest BCUT2D eigenvalue weighted by Gasteiger charge is -2.14. The van der Waals surface area contributed by atoms with Crippen LogP contribution in [0.15, 0.2) is 42.5 Å². The molecule has 1 N–H and O–H groups in total. The van der Waals surface area contributed by atoms with E-state index in [1.165, 1.54) is 18.2 Å². The predicted octanol–water partition coefficient (Wildman–Crippen LogP) is 4.17. The van der Waals surface area contributed by atoms with Crippen molar-refractivity contribution in [1.82, 2.24) is 0 Å². The summed E-state index contributed by atoms with van der Waals surface area (Å²) >= 11 is 0. The van der Waals surface area contributed by atoms with Gasteiger partial charge in [0.15, 0.2) is 0 Å². The molecule has 2 aromatic carbocycles. The van der Waals surface area contributed by atoms with Gasteiger partial charge < -0.3 is 14.8 Å². The smallest absolute Gasteiger partial charge is 0.271 e. The van der Waals surface area contributed by atoms with Crippen LogP contribution in [-0.2, 0) is 11.3 Å². The quantitative estimate of drug-likeness (QED) is 0.565. The Kier molecular flexibility index (Phi) is 6.68. The van der Waals surface area contributed by atoms with E-state index in [1.807, 2.05) is 20.8 Å². The van der Waals surface area contributed by atoms with Crippen molar-refractivity contribution in [3.63, 3.8) is 0 Å². The monoisotopic (exact) mass is 358 g/mol. The van der Waals surface area contributed by atoms with Crippen LogP contribution in [0.1, 0.15) is 36.7 Å². The van der Waals surface area contributed by atoms with E-state index in [0.717, 1.165) is 5.56 Å². The molecule has 0 heterocycles. The summed E-state index contributed by atoms with van der Waals surface area (Å²) in [4.78, 5) is 22.8. The number of non-ortho nitro benzene ring substituents is 1. The van der Waals surface area contributed by atoms with E-state index in [-0.39, 0.29) is 17.7 Å². The molecule has 0 unspecified atom stereocenters. The largest absolute Gasteiger partial charge is 0.494 e. The first-order valence-corrected chi connectivity index (χ1v) is 8.33. The summed E-state index contributed by atoms with van der Waals surface area (Å²) < 4.78 is 11.2. The number of carbonyl (C=O) groups excluding carboxylic acids is 1. The van der Waals surface area contributed by atoms with Gasteiger partial charge in [0, 0.05) is 28.9 Å². The number of hydrogen-bond donors (Lipinski definition) is 1. The summed E-state index contributed by atoms with van der Waals surface area (Å²) in [6.45, 7) is 6.58. The SMILES string of the molecule is CCOc1ccc(C(=O)Nc2cccc([N+](=O)[O-])c2)cc1COC(C)C. The van der Waals surface area contributed by atoms with Crippen molar-refractivity contribution in [3.05, 3.63) is 63.7 Å². The van der Waals surface area contributed by atoms with E-state index in [0.29, 0.717) is 30.2 Å². The Morgan fingerprint density at radius 1 is 1.23 bits per heavy atom. The number of hydrogen-bond acceptors (Lipinski definition) is 5. The van der Waals surface area contributed by atoms with Crippen LogP contribution in [0.4, 0.5) is 11.4 Å². The highest BCUT2D eigenvalue weighted by molar-refractivity contribution is 6.04. The fraction of sp³-hybridized carbons (Fsp3) is 0.316. The fourth-order valence-corrected chi connectivity index (χ4v) is 2.29. The molecule has 2 aromatic rings. The second-order valence-corrected chi connectivity index (χ2v) is 5.88. The Morgan fingerprint density at radius 2 is 2.00 bits per heavy atom. The van der Waals surface area contributed by atoms with Crippen molar-refractivity contribution in [2.75, 3.05) is 11.9 Å². The van der Waals surface area contributed by atoms with Gasteiger partial charge in [-0.05, 0) is 45.0 Å². The van der Waals surface area contributed by atoms with Gasteiger partial charge in [-0.15, -0.1) is 0 Å². The molecule has 0 saturated carbocycles. The highest BCUT2D eigenvalue weighted by Gasteiger charge is 2.13. The molecule has 26 heavy (non-hydrogen) atoms. The second kappa shape index (κ2) is 8.96. The fourth-order valence-electron chi connectivity index (χ4n) is 2.29. The number of amides is 1. The Balaban J connectivity index is 2.21. The standard InChI is InChI=1S/C19H22N2O5/c1-4-25-18-9-8-14(10-15(18)12-26-13(2)3)19(22)20-16-6-5-7-17(11-16)21(23)24/h5-11,13H,4,12H2,1-3H3,(H,20,22). The number of benzene rings is 2.